The predicted octanol–water partition coefficient (Wildman–Crippen LogP) is 4.16. The monoisotopic (exact) mass is 347 g/mol. The lowest BCUT2D eigenvalue weighted by Crippen LogP contribution is -2.49. The Morgan fingerprint density at radius 1 is 1.04 bits per heavy atom. The van der Waals surface area contributed by atoms with Gasteiger partial charge in [0.05, 0.1) is 18.1 Å². The first-order chi connectivity index (χ1) is 12.7. The molecule has 1 fully saturated rings. The molecule has 0 bridgehead atoms. The van der Waals surface area contributed by atoms with Crippen LogP contribution >= 0.6 is 0 Å². The average Bonchev–Trinajstić information content (AvgIpc) is 3.06. The number of rotatable bonds is 3. The summed E-state index contributed by atoms with van der Waals surface area (Å²) in [7, 11) is 0. The van der Waals surface area contributed by atoms with Crippen LogP contribution in [0.15, 0.2) is 65.7 Å². The molecule has 1 saturated carbocycles. The summed E-state index contributed by atoms with van der Waals surface area (Å²) in [4.78, 5) is 20.1. The fraction of sp³-hybridized carbons (Fsp3) is 0.364. The zero-order valence-corrected chi connectivity index (χ0v) is 15.1. The van der Waals surface area contributed by atoms with Crippen LogP contribution in [0.5, 0.6) is 0 Å². The molecule has 0 saturated heterocycles. The first-order valence-corrected chi connectivity index (χ1v) is 9.52. The predicted molar refractivity (Wildman–Crippen MR) is 104 cm³/mol. The largest absolute Gasteiger partial charge is 0.349 e. The van der Waals surface area contributed by atoms with Crippen LogP contribution in [-0.4, -0.2) is 28.9 Å². The van der Waals surface area contributed by atoms with Crippen LogP contribution in [0, 0.1) is 0 Å². The summed E-state index contributed by atoms with van der Waals surface area (Å²) in [5.41, 5.74) is 1.91. The first kappa shape index (κ1) is 16.8. The van der Waals surface area contributed by atoms with Crippen LogP contribution < -0.4 is 5.32 Å². The van der Waals surface area contributed by atoms with Gasteiger partial charge in [0, 0.05) is 5.56 Å². The number of aliphatic imine (C=N–C) groups is 1. The summed E-state index contributed by atoms with van der Waals surface area (Å²) < 4.78 is 0. The lowest BCUT2D eigenvalue weighted by molar-refractivity contribution is 0.0780. The standard InChI is InChI=1S/C22H25N3O/c1-16(17-10-4-2-5-11-17)23-22-24-19-14-8-9-15-20(19)25(22)21(26)18-12-6-3-7-13-18/h2-7,10-13,16,19-20H,8-9,14-15H2,1H3,(H,23,24)/t16-,19+,20+/m0/s1. The van der Waals surface area contributed by atoms with Crippen molar-refractivity contribution >= 4 is 11.9 Å². The third kappa shape index (κ3) is 3.24. The van der Waals surface area contributed by atoms with E-state index in [0.29, 0.717) is 0 Å². The Morgan fingerprint density at radius 2 is 1.69 bits per heavy atom. The Kier molecular flexibility index (Phi) is 4.74. The highest BCUT2D eigenvalue weighted by Crippen LogP contribution is 2.32. The van der Waals surface area contributed by atoms with E-state index in [9.17, 15) is 4.79 Å². The van der Waals surface area contributed by atoms with E-state index in [2.05, 4.69) is 24.4 Å². The van der Waals surface area contributed by atoms with E-state index < -0.39 is 0 Å². The van der Waals surface area contributed by atoms with E-state index >= 15 is 0 Å². The Balaban J connectivity index is 1.61. The second-order valence-electron chi connectivity index (χ2n) is 7.19. The van der Waals surface area contributed by atoms with Crippen molar-refractivity contribution < 1.29 is 4.79 Å². The minimum Gasteiger partial charge on any atom is -0.349 e. The normalized spacial score (nSPS) is 23.1. The maximum atomic E-state index is 13.2. The average molecular weight is 347 g/mol. The van der Waals surface area contributed by atoms with Crippen molar-refractivity contribution in [1.82, 2.24) is 10.2 Å². The summed E-state index contributed by atoms with van der Waals surface area (Å²) in [6, 6.07) is 20.3. The van der Waals surface area contributed by atoms with Crippen molar-refractivity contribution in [1.29, 1.82) is 0 Å². The number of nitrogens with zero attached hydrogens (tertiary/aromatic N) is 2. The second kappa shape index (κ2) is 7.32. The van der Waals surface area contributed by atoms with E-state index in [-0.39, 0.29) is 24.0 Å². The molecule has 1 heterocycles. The van der Waals surface area contributed by atoms with Gasteiger partial charge in [-0.2, -0.15) is 0 Å². The Labute approximate surface area is 154 Å². The number of hydrogen-bond donors (Lipinski definition) is 1. The highest BCUT2D eigenvalue weighted by molar-refractivity contribution is 6.07. The molecule has 0 radical (unpaired) electrons. The highest BCUT2D eigenvalue weighted by atomic mass is 16.2. The molecule has 3 atom stereocenters. The van der Waals surface area contributed by atoms with Gasteiger partial charge in [-0.25, -0.2) is 4.99 Å². The van der Waals surface area contributed by atoms with Gasteiger partial charge in [0.1, 0.15) is 0 Å². The molecule has 1 aliphatic carbocycles. The number of benzene rings is 2. The minimum absolute atomic E-state index is 0.0477. The van der Waals surface area contributed by atoms with Crippen molar-refractivity contribution in [3.8, 4) is 0 Å². The van der Waals surface area contributed by atoms with E-state index in [0.717, 1.165) is 30.8 Å². The zero-order valence-electron chi connectivity index (χ0n) is 15.1. The molecule has 4 rings (SSSR count). The lowest BCUT2D eigenvalue weighted by Gasteiger charge is -2.32. The third-order valence-electron chi connectivity index (χ3n) is 5.43. The molecule has 0 unspecified atom stereocenters. The molecular formula is C22H25N3O. The molecule has 2 aliphatic rings. The number of fused-ring (bicyclic) bond motifs is 1. The van der Waals surface area contributed by atoms with E-state index in [1.807, 2.05) is 53.4 Å². The van der Waals surface area contributed by atoms with Crippen LogP contribution in [0.2, 0.25) is 0 Å². The van der Waals surface area contributed by atoms with Crippen molar-refractivity contribution in [2.24, 2.45) is 4.99 Å². The molecule has 4 nitrogen and oxygen atoms in total. The van der Waals surface area contributed by atoms with Crippen molar-refractivity contribution in [3.63, 3.8) is 0 Å². The molecule has 0 spiro atoms. The number of nitrogens with one attached hydrogen (secondary N) is 1. The van der Waals surface area contributed by atoms with Crippen LogP contribution in [-0.2, 0) is 0 Å². The summed E-state index contributed by atoms with van der Waals surface area (Å²) >= 11 is 0. The van der Waals surface area contributed by atoms with Crippen molar-refractivity contribution in [2.75, 3.05) is 0 Å². The molecule has 2 aromatic rings. The number of carbonyl (C=O) groups is 1. The fourth-order valence-electron chi connectivity index (χ4n) is 4.01. The number of amides is 1. The molecule has 4 heteroatoms. The van der Waals surface area contributed by atoms with Gasteiger partial charge in [-0.3, -0.25) is 9.69 Å². The highest BCUT2D eigenvalue weighted by Gasteiger charge is 2.41. The first-order valence-electron chi connectivity index (χ1n) is 9.52. The fourth-order valence-corrected chi connectivity index (χ4v) is 4.01. The molecule has 1 aliphatic heterocycles. The van der Waals surface area contributed by atoms with Crippen LogP contribution in [0.4, 0.5) is 0 Å². The molecule has 2 aromatic carbocycles. The summed E-state index contributed by atoms with van der Waals surface area (Å²) in [6.45, 7) is 2.12. The Bertz CT molecular complexity index is 788. The zero-order chi connectivity index (χ0) is 17.9. The van der Waals surface area contributed by atoms with Crippen LogP contribution in [0.3, 0.4) is 0 Å². The Morgan fingerprint density at radius 3 is 2.42 bits per heavy atom. The van der Waals surface area contributed by atoms with Gasteiger partial charge in [-0.15, -0.1) is 0 Å². The summed E-state index contributed by atoms with van der Waals surface area (Å²) in [5.74, 6) is 0.776. The molecule has 26 heavy (non-hydrogen) atoms. The SMILES string of the molecule is C[C@H](NC1=N[C@@H]2CCCC[C@H]2N1C(=O)c1ccccc1)c1ccccc1. The van der Waals surface area contributed by atoms with Gasteiger partial charge in [0.25, 0.3) is 5.91 Å². The summed E-state index contributed by atoms with van der Waals surface area (Å²) in [5, 5.41) is 3.51. The molecule has 0 aromatic heterocycles. The number of carbonyl (C=O) groups excluding carboxylic acids is 1. The number of hydrogen-bond acceptors (Lipinski definition) is 3. The van der Waals surface area contributed by atoms with E-state index in [1.165, 1.54) is 12.0 Å². The summed E-state index contributed by atoms with van der Waals surface area (Å²) in [6.07, 6.45) is 4.45. The van der Waals surface area contributed by atoms with Gasteiger partial charge < -0.3 is 5.32 Å². The molecule has 134 valence electrons. The Hall–Kier alpha value is -2.62. The molecule has 1 N–H and O–H groups in total. The number of guanidine groups is 1. The third-order valence-corrected chi connectivity index (χ3v) is 5.43. The minimum atomic E-state index is 0.0477. The van der Waals surface area contributed by atoms with E-state index in [1.54, 1.807) is 0 Å². The van der Waals surface area contributed by atoms with Crippen molar-refractivity contribution in [2.45, 2.75) is 50.7 Å². The van der Waals surface area contributed by atoms with Crippen molar-refractivity contribution in [3.05, 3.63) is 71.8 Å². The smallest absolute Gasteiger partial charge is 0.260 e. The quantitative estimate of drug-likeness (QED) is 0.906. The topological polar surface area (TPSA) is 44.7 Å². The van der Waals surface area contributed by atoms with Gasteiger partial charge >= 0.3 is 0 Å². The second-order valence-corrected chi connectivity index (χ2v) is 7.19. The maximum absolute atomic E-state index is 13.2. The lowest BCUT2D eigenvalue weighted by atomic mass is 9.90. The van der Waals surface area contributed by atoms with Gasteiger partial charge in [-0.05, 0) is 37.5 Å². The van der Waals surface area contributed by atoms with Gasteiger partial charge in [0.15, 0.2) is 0 Å². The molecular weight excluding hydrogens is 322 g/mol. The molecule has 1 amide bonds. The van der Waals surface area contributed by atoms with Gasteiger partial charge in [-0.1, -0.05) is 61.4 Å². The van der Waals surface area contributed by atoms with E-state index in [4.69, 9.17) is 4.99 Å². The van der Waals surface area contributed by atoms with Crippen LogP contribution in [0.1, 0.15) is 54.6 Å². The maximum Gasteiger partial charge on any atom is 0.260 e. The van der Waals surface area contributed by atoms with Crippen LogP contribution in [0.25, 0.3) is 0 Å². The van der Waals surface area contributed by atoms with Gasteiger partial charge in [0.2, 0.25) is 5.96 Å².